The first-order valence-corrected chi connectivity index (χ1v) is 8.41. The molecule has 2 atom stereocenters. The predicted octanol–water partition coefficient (Wildman–Crippen LogP) is 3.45. The van der Waals surface area contributed by atoms with Crippen LogP contribution in [0.25, 0.3) is 0 Å². The summed E-state index contributed by atoms with van der Waals surface area (Å²) in [5.74, 6) is -0.0537. The summed E-state index contributed by atoms with van der Waals surface area (Å²) in [4.78, 5) is 25.7. The number of nitrogens with zero attached hydrogens (tertiary/aromatic N) is 1. The third kappa shape index (κ3) is 3.98. The summed E-state index contributed by atoms with van der Waals surface area (Å²) in [6, 6.07) is 0.342. The second kappa shape index (κ2) is 6.80. The van der Waals surface area contributed by atoms with Gasteiger partial charge in [-0.25, -0.2) is 0 Å². The molecule has 2 saturated carbocycles. The summed E-state index contributed by atoms with van der Waals surface area (Å²) in [5.41, 5.74) is -0.283. The zero-order chi connectivity index (χ0) is 15.5. The molecule has 0 aromatic heterocycles. The summed E-state index contributed by atoms with van der Waals surface area (Å²) in [5, 5.41) is 9.16. The van der Waals surface area contributed by atoms with Crippen LogP contribution in [0.4, 0.5) is 0 Å². The summed E-state index contributed by atoms with van der Waals surface area (Å²) >= 11 is 0. The first-order valence-electron chi connectivity index (χ1n) is 8.41. The smallest absolute Gasteiger partial charge is 0.303 e. The molecule has 2 aliphatic carbocycles. The van der Waals surface area contributed by atoms with Crippen LogP contribution in [0.1, 0.15) is 71.1 Å². The van der Waals surface area contributed by atoms with Gasteiger partial charge in [-0.15, -0.1) is 0 Å². The predicted molar refractivity (Wildman–Crippen MR) is 82.0 cm³/mol. The Balaban J connectivity index is 1.99. The highest BCUT2D eigenvalue weighted by Gasteiger charge is 2.40. The van der Waals surface area contributed by atoms with E-state index in [-0.39, 0.29) is 17.7 Å². The SMILES string of the molecule is CC1CCCCC1N(C)C(=O)CC1(CC(=O)O)CCCC1. The summed E-state index contributed by atoms with van der Waals surface area (Å²) in [7, 11) is 1.91. The summed E-state index contributed by atoms with van der Waals surface area (Å²) < 4.78 is 0. The van der Waals surface area contributed by atoms with E-state index in [0.717, 1.165) is 32.1 Å². The van der Waals surface area contributed by atoms with E-state index >= 15 is 0 Å². The van der Waals surface area contributed by atoms with Crippen LogP contribution in [0.3, 0.4) is 0 Å². The Morgan fingerprint density at radius 3 is 2.29 bits per heavy atom. The second-order valence-electron chi connectivity index (χ2n) is 7.29. The fourth-order valence-corrected chi connectivity index (χ4v) is 4.36. The van der Waals surface area contributed by atoms with E-state index in [4.69, 9.17) is 5.11 Å². The van der Waals surface area contributed by atoms with Crippen molar-refractivity contribution in [2.45, 2.75) is 77.2 Å². The van der Waals surface area contributed by atoms with Crippen LogP contribution in [0.5, 0.6) is 0 Å². The van der Waals surface area contributed by atoms with Crippen molar-refractivity contribution in [3.8, 4) is 0 Å². The lowest BCUT2D eigenvalue weighted by molar-refractivity contribution is -0.142. The Hall–Kier alpha value is -1.06. The molecule has 1 amide bonds. The molecule has 2 aliphatic rings. The topological polar surface area (TPSA) is 57.6 Å². The van der Waals surface area contributed by atoms with Gasteiger partial charge in [0.05, 0.1) is 6.42 Å². The fourth-order valence-electron chi connectivity index (χ4n) is 4.36. The molecule has 0 heterocycles. The highest BCUT2D eigenvalue weighted by atomic mass is 16.4. The zero-order valence-electron chi connectivity index (χ0n) is 13.4. The lowest BCUT2D eigenvalue weighted by atomic mass is 9.78. The molecular formula is C17H29NO3. The second-order valence-corrected chi connectivity index (χ2v) is 7.29. The van der Waals surface area contributed by atoms with Gasteiger partial charge >= 0.3 is 5.97 Å². The highest BCUT2D eigenvalue weighted by Crippen LogP contribution is 2.44. The molecule has 21 heavy (non-hydrogen) atoms. The summed E-state index contributed by atoms with van der Waals surface area (Å²) in [6.07, 6.45) is 9.21. The van der Waals surface area contributed by atoms with Gasteiger partial charge in [0.15, 0.2) is 0 Å². The normalized spacial score (nSPS) is 28.3. The van der Waals surface area contributed by atoms with Crippen LogP contribution in [-0.2, 0) is 9.59 Å². The van der Waals surface area contributed by atoms with Gasteiger partial charge in [0.25, 0.3) is 0 Å². The van der Waals surface area contributed by atoms with Crippen molar-refractivity contribution >= 4 is 11.9 Å². The molecule has 120 valence electrons. The number of carboxylic acid groups (broad SMARTS) is 1. The van der Waals surface area contributed by atoms with Crippen LogP contribution < -0.4 is 0 Å². The van der Waals surface area contributed by atoms with Crippen molar-refractivity contribution in [3.05, 3.63) is 0 Å². The number of carboxylic acids is 1. The molecule has 0 saturated heterocycles. The molecule has 4 heteroatoms. The van der Waals surface area contributed by atoms with Gasteiger partial charge in [0.1, 0.15) is 0 Å². The lowest BCUT2D eigenvalue weighted by Gasteiger charge is -2.38. The molecule has 4 nitrogen and oxygen atoms in total. The Labute approximate surface area is 127 Å². The van der Waals surface area contributed by atoms with Crippen molar-refractivity contribution < 1.29 is 14.7 Å². The van der Waals surface area contributed by atoms with E-state index in [9.17, 15) is 9.59 Å². The van der Waals surface area contributed by atoms with E-state index < -0.39 is 5.97 Å². The van der Waals surface area contributed by atoms with Crippen LogP contribution in [0, 0.1) is 11.3 Å². The van der Waals surface area contributed by atoms with Crippen LogP contribution in [0.15, 0.2) is 0 Å². The minimum Gasteiger partial charge on any atom is -0.481 e. The quantitative estimate of drug-likeness (QED) is 0.845. The Morgan fingerprint density at radius 2 is 1.71 bits per heavy atom. The monoisotopic (exact) mass is 295 g/mol. The Bertz CT molecular complexity index is 387. The van der Waals surface area contributed by atoms with Crippen molar-refractivity contribution in [1.82, 2.24) is 4.90 Å². The van der Waals surface area contributed by atoms with Gasteiger partial charge in [-0.3, -0.25) is 9.59 Å². The number of amides is 1. The van der Waals surface area contributed by atoms with Crippen LogP contribution >= 0.6 is 0 Å². The van der Waals surface area contributed by atoms with Gasteiger partial charge in [-0.2, -0.15) is 0 Å². The molecule has 2 fully saturated rings. The van der Waals surface area contributed by atoms with Crippen molar-refractivity contribution in [2.75, 3.05) is 7.05 Å². The van der Waals surface area contributed by atoms with E-state index in [1.807, 2.05) is 11.9 Å². The third-order valence-corrected chi connectivity index (χ3v) is 5.67. The molecule has 0 aromatic carbocycles. The zero-order valence-corrected chi connectivity index (χ0v) is 13.4. The number of hydrogen-bond acceptors (Lipinski definition) is 2. The Kier molecular flexibility index (Phi) is 5.28. The molecule has 1 N–H and O–H groups in total. The van der Waals surface area contributed by atoms with E-state index in [0.29, 0.717) is 18.4 Å². The largest absolute Gasteiger partial charge is 0.481 e. The molecule has 0 aromatic rings. The standard InChI is InChI=1S/C17H29NO3/c1-13-7-3-4-8-14(13)18(2)15(19)11-17(12-16(20)21)9-5-6-10-17/h13-14H,3-12H2,1-2H3,(H,20,21). The van der Waals surface area contributed by atoms with E-state index in [2.05, 4.69) is 6.92 Å². The molecule has 0 radical (unpaired) electrons. The van der Waals surface area contributed by atoms with Crippen LogP contribution in [0.2, 0.25) is 0 Å². The van der Waals surface area contributed by atoms with Crippen LogP contribution in [-0.4, -0.2) is 35.0 Å². The minimum atomic E-state index is -0.765. The number of rotatable bonds is 5. The third-order valence-electron chi connectivity index (χ3n) is 5.67. The van der Waals surface area contributed by atoms with Gasteiger partial charge in [0, 0.05) is 19.5 Å². The Morgan fingerprint density at radius 1 is 1.10 bits per heavy atom. The maximum Gasteiger partial charge on any atom is 0.303 e. The first kappa shape index (κ1) is 16.3. The van der Waals surface area contributed by atoms with Gasteiger partial charge < -0.3 is 10.0 Å². The minimum absolute atomic E-state index is 0.146. The van der Waals surface area contributed by atoms with E-state index in [1.54, 1.807) is 0 Å². The fraction of sp³-hybridized carbons (Fsp3) is 0.882. The maximum atomic E-state index is 12.7. The first-order chi connectivity index (χ1) is 9.93. The molecular weight excluding hydrogens is 266 g/mol. The molecule has 0 bridgehead atoms. The molecule has 0 aliphatic heterocycles. The van der Waals surface area contributed by atoms with E-state index in [1.165, 1.54) is 19.3 Å². The van der Waals surface area contributed by atoms with Gasteiger partial charge in [-0.05, 0) is 37.0 Å². The van der Waals surface area contributed by atoms with Gasteiger partial charge in [-0.1, -0.05) is 32.6 Å². The average Bonchev–Trinajstić information content (AvgIpc) is 2.85. The molecule has 2 unspecified atom stereocenters. The van der Waals surface area contributed by atoms with Crippen molar-refractivity contribution in [2.24, 2.45) is 11.3 Å². The number of aliphatic carboxylic acids is 1. The summed E-state index contributed by atoms with van der Waals surface area (Å²) in [6.45, 7) is 2.23. The number of hydrogen-bond donors (Lipinski definition) is 1. The van der Waals surface area contributed by atoms with Crippen molar-refractivity contribution in [3.63, 3.8) is 0 Å². The molecule has 2 rings (SSSR count). The maximum absolute atomic E-state index is 12.7. The number of carbonyl (C=O) groups excluding carboxylic acids is 1. The van der Waals surface area contributed by atoms with Crippen molar-refractivity contribution in [1.29, 1.82) is 0 Å². The molecule has 0 spiro atoms. The highest BCUT2D eigenvalue weighted by molar-refractivity contribution is 5.78. The number of carbonyl (C=O) groups is 2. The van der Waals surface area contributed by atoms with Gasteiger partial charge in [0.2, 0.25) is 5.91 Å². The lowest BCUT2D eigenvalue weighted by Crippen LogP contribution is -2.44. The average molecular weight is 295 g/mol.